The van der Waals surface area contributed by atoms with Crippen LogP contribution in [0.4, 0.5) is 4.79 Å². The van der Waals surface area contributed by atoms with Crippen molar-refractivity contribution in [1.29, 1.82) is 0 Å². The third kappa shape index (κ3) is 5.17. The number of hydrogen-bond donors (Lipinski definition) is 3. The molecule has 8 heteroatoms. The summed E-state index contributed by atoms with van der Waals surface area (Å²) in [6.45, 7) is 1.83. The van der Waals surface area contributed by atoms with Gasteiger partial charge in [0.05, 0.1) is 5.41 Å². The van der Waals surface area contributed by atoms with E-state index in [0.717, 1.165) is 28.7 Å². The van der Waals surface area contributed by atoms with E-state index in [2.05, 4.69) is 34.9 Å². The fourth-order valence-electron chi connectivity index (χ4n) is 5.21. The standard InChI is InChI=1S/C27H32N2O5S/c1-27(25(31)32)14-7-12-23(27)29-24(30)22(13-15-35-2)28-26(33)34-16-21-19-10-5-3-8-17(19)18-9-4-6-11-20(18)21/h3-6,8-11,21-23H,7,12-16H2,1-2H3,(H,28,33)(H,29,30)(H,31,32)/t22-,23?,27?/m0/s1. The second-order valence-corrected chi connectivity index (χ2v) is 10.5. The van der Waals surface area contributed by atoms with Crippen molar-refractivity contribution in [1.82, 2.24) is 10.6 Å². The summed E-state index contributed by atoms with van der Waals surface area (Å²) in [4.78, 5) is 37.6. The second kappa shape index (κ2) is 10.7. The van der Waals surface area contributed by atoms with Gasteiger partial charge in [0.2, 0.25) is 5.91 Å². The SMILES string of the molecule is CSCC[C@H](NC(=O)OCC1c2ccccc2-c2ccccc21)C(=O)NC1CCCC1(C)C(=O)O. The number of amides is 2. The van der Waals surface area contributed by atoms with E-state index in [4.69, 9.17) is 4.74 Å². The first-order valence-corrected chi connectivity index (χ1v) is 13.4. The minimum absolute atomic E-state index is 0.0682. The van der Waals surface area contributed by atoms with E-state index < -0.39 is 29.6 Å². The highest BCUT2D eigenvalue weighted by Gasteiger charge is 2.46. The number of carboxylic acids is 1. The number of aliphatic carboxylic acids is 1. The minimum Gasteiger partial charge on any atom is -0.481 e. The summed E-state index contributed by atoms with van der Waals surface area (Å²) in [5.41, 5.74) is 3.53. The summed E-state index contributed by atoms with van der Waals surface area (Å²) in [5.74, 6) is -0.679. The Balaban J connectivity index is 1.40. The van der Waals surface area contributed by atoms with Gasteiger partial charge in [-0.3, -0.25) is 9.59 Å². The normalized spacial score (nSPS) is 21.6. The summed E-state index contributed by atoms with van der Waals surface area (Å²) < 4.78 is 5.62. The Bertz CT molecular complexity index is 1060. The van der Waals surface area contributed by atoms with Crippen molar-refractivity contribution in [2.75, 3.05) is 18.6 Å². The highest BCUT2D eigenvalue weighted by atomic mass is 32.2. The van der Waals surface area contributed by atoms with Crippen molar-refractivity contribution in [2.45, 2.75) is 50.6 Å². The molecule has 0 radical (unpaired) electrons. The first-order chi connectivity index (χ1) is 16.8. The summed E-state index contributed by atoms with van der Waals surface area (Å²) in [5, 5.41) is 15.3. The van der Waals surface area contributed by atoms with E-state index >= 15 is 0 Å². The van der Waals surface area contributed by atoms with Gasteiger partial charge in [-0.2, -0.15) is 11.8 Å². The Kier molecular flexibility index (Phi) is 7.69. The van der Waals surface area contributed by atoms with Crippen LogP contribution in [0, 0.1) is 5.41 Å². The predicted molar refractivity (Wildman–Crippen MR) is 137 cm³/mol. The number of thioether (sulfide) groups is 1. The van der Waals surface area contributed by atoms with Crippen LogP contribution in [0.3, 0.4) is 0 Å². The molecule has 4 rings (SSSR count). The molecule has 1 saturated carbocycles. The maximum atomic E-state index is 13.1. The molecule has 0 bridgehead atoms. The first-order valence-electron chi connectivity index (χ1n) is 12.0. The zero-order chi connectivity index (χ0) is 25.0. The molecule has 1 fully saturated rings. The van der Waals surface area contributed by atoms with Gasteiger partial charge in [0.25, 0.3) is 0 Å². The molecule has 0 heterocycles. The molecule has 2 aliphatic rings. The van der Waals surface area contributed by atoms with Gasteiger partial charge in [0, 0.05) is 12.0 Å². The summed E-state index contributed by atoms with van der Waals surface area (Å²) in [7, 11) is 0. The van der Waals surface area contributed by atoms with Crippen LogP contribution < -0.4 is 10.6 Å². The molecule has 186 valence electrons. The lowest BCUT2D eigenvalue weighted by Crippen LogP contribution is -2.54. The average molecular weight is 497 g/mol. The lowest BCUT2D eigenvalue weighted by molar-refractivity contribution is -0.149. The van der Waals surface area contributed by atoms with E-state index in [1.54, 1.807) is 18.7 Å². The molecule has 3 N–H and O–H groups in total. The van der Waals surface area contributed by atoms with Crippen LogP contribution in [0.15, 0.2) is 48.5 Å². The number of benzene rings is 2. The average Bonchev–Trinajstić information content (AvgIpc) is 3.39. The van der Waals surface area contributed by atoms with Crippen LogP contribution in [0.1, 0.15) is 49.7 Å². The predicted octanol–water partition coefficient (Wildman–Crippen LogP) is 4.41. The lowest BCUT2D eigenvalue weighted by Gasteiger charge is -2.29. The third-order valence-electron chi connectivity index (χ3n) is 7.33. The Morgan fingerprint density at radius 2 is 1.74 bits per heavy atom. The Labute approximate surface area is 210 Å². The highest BCUT2D eigenvalue weighted by Crippen LogP contribution is 2.44. The van der Waals surface area contributed by atoms with Crippen LogP contribution in [-0.2, 0) is 14.3 Å². The molecule has 2 amide bonds. The smallest absolute Gasteiger partial charge is 0.407 e. The fraction of sp³-hybridized carbons (Fsp3) is 0.444. The first kappa shape index (κ1) is 25.1. The fourth-order valence-corrected chi connectivity index (χ4v) is 5.68. The maximum Gasteiger partial charge on any atom is 0.407 e. The molecule has 0 aliphatic heterocycles. The summed E-state index contributed by atoms with van der Waals surface area (Å²) in [6.07, 6.45) is 3.56. The minimum atomic E-state index is -0.997. The quantitative estimate of drug-likeness (QED) is 0.475. The van der Waals surface area contributed by atoms with Crippen LogP contribution in [0.25, 0.3) is 11.1 Å². The molecule has 2 aromatic carbocycles. The highest BCUT2D eigenvalue weighted by molar-refractivity contribution is 7.98. The summed E-state index contributed by atoms with van der Waals surface area (Å²) in [6, 6.07) is 15.0. The maximum absolute atomic E-state index is 13.1. The molecule has 35 heavy (non-hydrogen) atoms. The van der Waals surface area contributed by atoms with Crippen LogP contribution in [0.5, 0.6) is 0 Å². The molecular weight excluding hydrogens is 464 g/mol. The number of nitrogens with one attached hydrogen (secondary N) is 2. The van der Waals surface area contributed by atoms with Crippen molar-refractivity contribution >= 4 is 29.7 Å². The molecule has 0 spiro atoms. The monoisotopic (exact) mass is 496 g/mol. The van der Waals surface area contributed by atoms with E-state index in [9.17, 15) is 19.5 Å². The van der Waals surface area contributed by atoms with Gasteiger partial charge < -0.3 is 20.5 Å². The Morgan fingerprint density at radius 1 is 1.11 bits per heavy atom. The van der Waals surface area contributed by atoms with Gasteiger partial charge in [0.1, 0.15) is 12.6 Å². The van der Waals surface area contributed by atoms with Gasteiger partial charge in [-0.25, -0.2) is 4.79 Å². The Hall–Kier alpha value is -3.00. The van der Waals surface area contributed by atoms with Gasteiger partial charge >= 0.3 is 12.1 Å². The van der Waals surface area contributed by atoms with Crippen molar-refractivity contribution < 1.29 is 24.2 Å². The summed E-state index contributed by atoms with van der Waals surface area (Å²) >= 11 is 1.57. The van der Waals surface area contributed by atoms with Gasteiger partial charge in [-0.05, 0) is 60.4 Å². The number of ether oxygens (including phenoxy) is 1. The van der Waals surface area contributed by atoms with E-state index in [1.807, 2.05) is 30.5 Å². The Morgan fingerprint density at radius 3 is 2.34 bits per heavy atom. The number of carbonyl (C=O) groups is 3. The third-order valence-corrected chi connectivity index (χ3v) is 7.97. The van der Waals surface area contributed by atoms with Crippen molar-refractivity contribution in [3.05, 3.63) is 59.7 Å². The molecule has 0 aromatic heterocycles. The zero-order valence-electron chi connectivity index (χ0n) is 20.1. The molecular formula is C27H32N2O5S. The lowest BCUT2D eigenvalue weighted by atomic mass is 9.85. The number of hydrogen-bond acceptors (Lipinski definition) is 5. The number of alkyl carbamates (subject to hydrolysis) is 1. The molecule has 2 aromatic rings. The molecule has 3 atom stereocenters. The van der Waals surface area contributed by atoms with Gasteiger partial charge in [-0.15, -0.1) is 0 Å². The van der Waals surface area contributed by atoms with Crippen molar-refractivity contribution in [3.8, 4) is 11.1 Å². The van der Waals surface area contributed by atoms with E-state index in [0.29, 0.717) is 25.0 Å². The van der Waals surface area contributed by atoms with Gasteiger partial charge in [0.15, 0.2) is 0 Å². The largest absolute Gasteiger partial charge is 0.481 e. The number of rotatable bonds is 9. The van der Waals surface area contributed by atoms with E-state index in [1.165, 1.54) is 0 Å². The molecule has 2 unspecified atom stereocenters. The van der Waals surface area contributed by atoms with E-state index in [-0.39, 0.29) is 18.4 Å². The number of carbonyl (C=O) groups excluding carboxylic acids is 2. The molecule has 0 saturated heterocycles. The topological polar surface area (TPSA) is 105 Å². The van der Waals surface area contributed by atoms with Crippen LogP contribution in [-0.4, -0.2) is 53.8 Å². The van der Waals surface area contributed by atoms with Crippen molar-refractivity contribution in [3.63, 3.8) is 0 Å². The van der Waals surface area contributed by atoms with Gasteiger partial charge in [-0.1, -0.05) is 55.0 Å². The molecule has 7 nitrogen and oxygen atoms in total. The zero-order valence-corrected chi connectivity index (χ0v) is 20.9. The van der Waals surface area contributed by atoms with Crippen LogP contribution >= 0.6 is 11.8 Å². The van der Waals surface area contributed by atoms with Crippen LogP contribution in [0.2, 0.25) is 0 Å². The molecule has 2 aliphatic carbocycles. The number of fused-ring (bicyclic) bond motifs is 3. The second-order valence-electron chi connectivity index (χ2n) is 9.48. The number of carboxylic acid groups (broad SMARTS) is 1. The van der Waals surface area contributed by atoms with Crippen molar-refractivity contribution in [2.24, 2.45) is 5.41 Å².